The summed E-state index contributed by atoms with van der Waals surface area (Å²) in [4.78, 5) is 49.7. The zero-order valence-electron chi connectivity index (χ0n) is 20.3. The fourth-order valence-electron chi connectivity index (χ4n) is 3.44. The van der Waals surface area contributed by atoms with Crippen LogP contribution in [0.5, 0.6) is 11.5 Å². The normalized spacial score (nSPS) is 14.9. The zero-order valence-corrected chi connectivity index (χ0v) is 20.3. The summed E-state index contributed by atoms with van der Waals surface area (Å²) in [6.45, 7) is 2.56. The zero-order chi connectivity index (χ0) is 26.2. The third-order valence-electron chi connectivity index (χ3n) is 5.11. The van der Waals surface area contributed by atoms with Crippen molar-refractivity contribution in [2.24, 2.45) is 0 Å². The fraction of sp³-hybridized carbons (Fsp3) is 0.333. The van der Waals surface area contributed by atoms with E-state index < -0.39 is 43.1 Å². The Balaban J connectivity index is 1.69. The molecule has 36 heavy (non-hydrogen) atoms. The van der Waals surface area contributed by atoms with Gasteiger partial charge in [0.15, 0.2) is 11.5 Å². The van der Waals surface area contributed by atoms with Gasteiger partial charge in [-0.05, 0) is 44.2 Å². The summed E-state index contributed by atoms with van der Waals surface area (Å²) in [7, 11) is 2.91. The van der Waals surface area contributed by atoms with Crippen LogP contribution in [0.25, 0.3) is 0 Å². The number of benzene rings is 1. The summed E-state index contributed by atoms with van der Waals surface area (Å²) in [5, 5.41) is 7.53. The van der Waals surface area contributed by atoms with Crippen molar-refractivity contribution in [1.29, 1.82) is 0 Å². The van der Waals surface area contributed by atoms with Crippen LogP contribution in [-0.2, 0) is 19.1 Å². The van der Waals surface area contributed by atoms with Gasteiger partial charge < -0.3 is 39.3 Å². The second-order valence-corrected chi connectivity index (χ2v) is 7.51. The molecule has 1 atom stereocenters. The van der Waals surface area contributed by atoms with Crippen molar-refractivity contribution < 1.29 is 42.5 Å². The summed E-state index contributed by atoms with van der Waals surface area (Å²) < 4.78 is 26.2. The van der Waals surface area contributed by atoms with Gasteiger partial charge in [0.25, 0.3) is 5.91 Å². The number of hydrogen-bond acceptors (Lipinski definition) is 9. The number of hydrogen-bond donors (Lipinski definition) is 3. The maximum atomic E-state index is 12.7. The van der Waals surface area contributed by atoms with Gasteiger partial charge in [0.2, 0.25) is 0 Å². The predicted octanol–water partition coefficient (Wildman–Crippen LogP) is 1.75. The largest absolute Gasteiger partial charge is 0.493 e. The number of carbonyl (C=O) groups excluding carboxylic acids is 4. The predicted molar refractivity (Wildman–Crippen MR) is 124 cm³/mol. The van der Waals surface area contributed by atoms with E-state index in [0.29, 0.717) is 23.0 Å². The van der Waals surface area contributed by atoms with Gasteiger partial charge in [0.05, 0.1) is 32.1 Å². The molecule has 192 valence electrons. The number of ether oxygens (including phenoxy) is 4. The van der Waals surface area contributed by atoms with Crippen LogP contribution in [0.1, 0.15) is 34.8 Å². The lowest BCUT2D eigenvalue weighted by Gasteiger charge is -2.27. The molecule has 12 nitrogen and oxygen atoms in total. The first-order chi connectivity index (χ1) is 17.3. The van der Waals surface area contributed by atoms with Crippen LogP contribution in [-0.4, -0.2) is 57.9 Å². The SMILES string of the molecule is CCOC(=O)C1=C(COC(=O)CNC(=O)c2ccc(OC)c(OC)c2)NC(=O)N[C@@H]1c1ccc(C)o1. The number of methoxy groups -OCH3 is 2. The molecule has 1 aromatic carbocycles. The van der Waals surface area contributed by atoms with Gasteiger partial charge in [-0.2, -0.15) is 0 Å². The Labute approximate surface area is 206 Å². The number of esters is 2. The van der Waals surface area contributed by atoms with E-state index in [1.54, 1.807) is 32.0 Å². The van der Waals surface area contributed by atoms with Crippen molar-refractivity contribution in [1.82, 2.24) is 16.0 Å². The molecule has 3 rings (SSSR count). The molecule has 0 unspecified atom stereocenters. The van der Waals surface area contributed by atoms with E-state index in [9.17, 15) is 19.2 Å². The number of nitrogens with one attached hydrogen (secondary N) is 3. The van der Waals surface area contributed by atoms with Crippen molar-refractivity contribution in [2.75, 3.05) is 34.0 Å². The molecule has 2 aromatic rings. The lowest BCUT2D eigenvalue weighted by atomic mass is 10.0. The standard InChI is InChI=1S/C24H27N3O9/c1-5-34-23(30)20-15(26-24(31)27-21(20)17-8-6-13(2)36-17)12-35-19(28)11-25-22(29)14-7-9-16(32-3)18(10-14)33-4/h6-10,21H,5,11-12H2,1-4H3,(H,25,29)(H2,26,27,31)/t21-/m1/s1. The molecule has 3 amide bonds. The molecule has 0 saturated heterocycles. The van der Waals surface area contributed by atoms with Gasteiger partial charge >= 0.3 is 18.0 Å². The van der Waals surface area contributed by atoms with Crippen LogP contribution in [0.15, 0.2) is 46.0 Å². The quantitative estimate of drug-likeness (QED) is 0.413. The summed E-state index contributed by atoms with van der Waals surface area (Å²) in [6.07, 6.45) is 0. The van der Waals surface area contributed by atoms with Crippen LogP contribution >= 0.6 is 0 Å². The summed E-state index contributed by atoms with van der Waals surface area (Å²) >= 11 is 0. The molecule has 0 aliphatic carbocycles. The van der Waals surface area contributed by atoms with Crippen LogP contribution in [0.3, 0.4) is 0 Å². The topological polar surface area (TPSA) is 154 Å². The van der Waals surface area contributed by atoms with E-state index in [0.717, 1.165) is 0 Å². The van der Waals surface area contributed by atoms with Crippen molar-refractivity contribution in [3.63, 3.8) is 0 Å². The molecule has 1 aliphatic heterocycles. The van der Waals surface area contributed by atoms with E-state index >= 15 is 0 Å². The lowest BCUT2D eigenvalue weighted by Crippen LogP contribution is -2.47. The molecule has 0 spiro atoms. The summed E-state index contributed by atoms with van der Waals surface area (Å²) in [5.41, 5.74) is 0.318. The van der Waals surface area contributed by atoms with Crippen molar-refractivity contribution in [3.8, 4) is 11.5 Å². The average molecular weight is 501 g/mol. The molecule has 12 heteroatoms. The van der Waals surface area contributed by atoms with Crippen LogP contribution in [0, 0.1) is 6.92 Å². The molecule has 3 N–H and O–H groups in total. The third kappa shape index (κ3) is 6.14. The van der Waals surface area contributed by atoms with Gasteiger partial charge in [0, 0.05) is 5.56 Å². The molecule has 1 aliphatic rings. The fourth-order valence-corrected chi connectivity index (χ4v) is 3.44. The number of aryl methyl sites for hydroxylation is 1. The van der Waals surface area contributed by atoms with Gasteiger partial charge in [-0.15, -0.1) is 0 Å². The third-order valence-corrected chi connectivity index (χ3v) is 5.11. The first-order valence-electron chi connectivity index (χ1n) is 11.0. The van der Waals surface area contributed by atoms with Gasteiger partial charge in [-0.1, -0.05) is 0 Å². The van der Waals surface area contributed by atoms with Gasteiger partial charge in [-0.25, -0.2) is 9.59 Å². The highest BCUT2D eigenvalue weighted by molar-refractivity contribution is 5.97. The smallest absolute Gasteiger partial charge is 0.338 e. The molecular formula is C24H27N3O9. The Morgan fingerprint density at radius 3 is 2.44 bits per heavy atom. The lowest BCUT2D eigenvalue weighted by molar-refractivity contribution is -0.142. The summed E-state index contributed by atoms with van der Waals surface area (Å²) in [6, 6.07) is 6.30. The number of urea groups is 1. The Morgan fingerprint density at radius 2 is 1.81 bits per heavy atom. The van der Waals surface area contributed by atoms with Gasteiger partial charge in [0.1, 0.15) is 30.7 Å². The highest BCUT2D eigenvalue weighted by atomic mass is 16.5. The first kappa shape index (κ1) is 26.1. The minimum Gasteiger partial charge on any atom is -0.493 e. The Hall–Kier alpha value is -4.48. The van der Waals surface area contributed by atoms with Crippen molar-refractivity contribution in [2.45, 2.75) is 19.9 Å². The van der Waals surface area contributed by atoms with Crippen LogP contribution in [0.2, 0.25) is 0 Å². The van der Waals surface area contributed by atoms with E-state index in [4.69, 9.17) is 23.4 Å². The molecule has 2 heterocycles. The van der Waals surface area contributed by atoms with Crippen molar-refractivity contribution in [3.05, 3.63) is 58.7 Å². The van der Waals surface area contributed by atoms with E-state index in [2.05, 4.69) is 16.0 Å². The molecular weight excluding hydrogens is 474 g/mol. The Bertz CT molecular complexity index is 1190. The Kier molecular flexibility index (Phi) is 8.55. The molecule has 0 fully saturated rings. The second kappa shape index (κ2) is 11.8. The van der Waals surface area contributed by atoms with Crippen LogP contribution < -0.4 is 25.4 Å². The van der Waals surface area contributed by atoms with E-state index in [-0.39, 0.29) is 23.4 Å². The average Bonchev–Trinajstić information content (AvgIpc) is 3.31. The number of carbonyl (C=O) groups is 4. The highest BCUT2D eigenvalue weighted by Gasteiger charge is 2.36. The minimum atomic E-state index is -0.940. The Morgan fingerprint density at radius 1 is 1.06 bits per heavy atom. The highest BCUT2D eigenvalue weighted by Crippen LogP contribution is 2.29. The number of rotatable bonds is 10. The maximum absolute atomic E-state index is 12.7. The summed E-state index contributed by atoms with van der Waals surface area (Å²) in [5.74, 6) is -0.340. The van der Waals surface area contributed by atoms with E-state index in [1.165, 1.54) is 26.4 Å². The van der Waals surface area contributed by atoms with Crippen molar-refractivity contribution >= 4 is 23.9 Å². The maximum Gasteiger partial charge on any atom is 0.338 e. The van der Waals surface area contributed by atoms with Gasteiger partial charge in [-0.3, -0.25) is 9.59 Å². The van der Waals surface area contributed by atoms with E-state index in [1.807, 2.05) is 0 Å². The minimum absolute atomic E-state index is 0.0352. The van der Waals surface area contributed by atoms with Crippen LogP contribution in [0.4, 0.5) is 4.79 Å². The number of furan rings is 1. The monoisotopic (exact) mass is 501 g/mol. The second-order valence-electron chi connectivity index (χ2n) is 7.51. The number of amides is 3. The first-order valence-corrected chi connectivity index (χ1v) is 11.0. The molecule has 0 bridgehead atoms. The molecule has 0 radical (unpaired) electrons. The molecule has 0 saturated carbocycles. The molecule has 1 aromatic heterocycles.